The number of carboxylic acids is 1. The highest BCUT2D eigenvalue weighted by atomic mass is 35.5. The van der Waals surface area contributed by atoms with Gasteiger partial charge in [0.25, 0.3) is 0 Å². The molecule has 1 N–H and O–H groups in total. The lowest BCUT2D eigenvalue weighted by molar-refractivity contribution is -0.136. The van der Waals surface area contributed by atoms with Crippen LogP contribution in [0.1, 0.15) is 23.4 Å². The highest BCUT2D eigenvalue weighted by molar-refractivity contribution is 7.98. The molecule has 0 fully saturated rings. The Morgan fingerprint density at radius 3 is 2.41 bits per heavy atom. The van der Waals surface area contributed by atoms with Crippen molar-refractivity contribution in [1.29, 1.82) is 0 Å². The van der Waals surface area contributed by atoms with Crippen LogP contribution in [-0.4, -0.2) is 29.8 Å². The number of benzene rings is 2. The van der Waals surface area contributed by atoms with E-state index < -0.39 is 5.97 Å². The molecule has 0 bridgehead atoms. The van der Waals surface area contributed by atoms with Gasteiger partial charge in [0.1, 0.15) is 11.5 Å². The fourth-order valence-corrected chi connectivity index (χ4v) is 4.58. The van der Waals surface area contributed by atoms with E-state index >= 15 is 0 Å². The molecule has 3 aromatic rings. The van der Waals surface area contributed by atoms with Crippen LogP contribution in [0.4, 0.5) is 0 Å². The maximum Gasteiger partial charge on any atom is 0.303 e. The number of carbonyl (C=O) groups is 1. The molecule has 0 aliphatic rings. The molecule has 0 radical (unpaired) electrons. The van der Waals surface area contributed by atoms with Gasteiger partial charge in [-0.05, 0) is 42.0 Å². The van der Waals surface area contributed by atoms with Gasteiger partial charge in [-0.15, -0.1) is 11.8 Å². The quantitative estimate of drug-likeness (QED) is 0.316. The Morgan fingerprint density at radius 2 is 1.75 bits per heavy atom. The number of aliphatic carboxylic acids is 1. The zero-order valence-corrected chi connectivity index (χ0v) is 19.8. The summed E-state index contributed by atoms with van der Waals surface area (Å²) in [5, 5.41) is 10.3. The summed E-state index contributed by atoms with van der Waals surface area (Å²) >= 11 is 14.0. The van der Waals surface area contributed by atoms with E-state index in [4.69, 9.17) is 37.8 Å². The maximum absolute atomic E-state index is 11.1. The number of methoxy groups -OCH3 is 1. The Balaban J connectivity index is 1.67. The van der Waals surface area contributed by atoms with Crippen molar-refractivity contribution in [3.05, 3.63) is 81.6 Å². The third-order valence-corrected chi connectivity index (χ3v) is 6.68. The van der Waals surface area contributed by atoms with Gasteiger partial charge in [-0.25, -0.2) is 0 Å². The lowest BCUT2D eigenvalue weighted by Gasteiger charge is -2.13. The minimum Gasteiger partial charge on any atom is -0.497 e. The predicted octanol–water partition coefficient (Wildman–Crippen LogP) is 6.33. The van der Waals surface area contributed by atoms with Gasteiger partial charge in [-0.3, -0.25) is 9.78 Å². The molecule has 1 heterocycles. The standard InChI is InChI=1S/C24H23Cl2NO4S/c1-30-18-8-5-16(6-9-18)13-14-31-22-11-7-17(27-21(22)10-12-23(28)29)15-32-24-19(25)3-2-4-20(24)26/h2-9,11H,10,12-15H2,1H3,(H,28,29). The molecule has 5 nitrogen and oxygen atoms in total. The number of thioether (sulfide) groups is 1. The van der Waals surface area contributed by atoms with Crippen LogP contribution in [0.2, 0.25) is 10.0 Å². The van der Waals surface area contributed by atoms with Crippen molar-refractivity contribution in [2.45, 2.75) is 29.9 Å². The van der Waals surface area contributed by atoms with Crippen molar-refractivity contribution in [3.63, 3.8) is 0 Å². The number of hydrogen-bond donors (Lipinski definition) is 1. The van der Waals surface area contributed by atoms with Gasteiger partial charge in [0.05, 0.1) is 41.6 Å². The molecular weight excluding hydrogens is 469 g/mol. The van der Waals surface area contributed by atoms with Gasteiger partial charge >= 0.3 is 5.97 Å². The second kappa shape index (κ2) is 12.0. The van der Waals surface area contributed by atoms with Crippen LogP contribution in [0, 0.1) is 0 Å². The molecule has 3 rings (SSSR count). The van der Waals surface area contributed by atoms with Crippen LogP contribution >= 0.6 is 35.0 Å². The Kier molecular flexibility index (Phi) is 9.09. The van der Waals surface area contributed by atoms with Gasteiger partial charge in [0, 0.05) is 23.5 Å². The number of hydrogen-bond acceptors (Lipinski definition) is 5. The number of rotatable bonds is 11. The number of aryl methyl sites for hydroxylation is 1. The molecule has 0 saturated carbocycles. The Morgan fingerprint density at radius 1 is 1.03 bits per heavy atom. The number of nitrogens with zero attached hydrogens (tertiary/aromatic N) is 1. The van der Waals surface area contributed by atoms with E-state index in [1.54, 1.807) is 25.3 Å². The predicted molar refractivity (Wildman–Crippen MR) is 128 cm³/mol. The summed E-state index contributed by atoms with van der Waals surface area (Å²) in [6.07, 6.45) is 0.984. The van der Waals surface area contributed by atoms with Crippen LogP contribution in [-0.2, 0) is 23.4 Å². The van der Waals surface area contributed by atoms with Crippen molar-refractivity contribution in [2.24, 2.45) is 0 Å². The van der Waals surface area contributed by atoms with Crippen molar-refractivity contribution in [2.75, 3.05) is 13.7 Å². The second-order valence-electron chi connectivity index (χ2n) is 6.93. The third kappa shape index (κ3) is 7.05. The van der Waals surface area contributed by atoms with E-state index in [2.05, 4.69) is 4.98 Å². The van der Waals surface area contributed by atoms with Crippen molar-refractivity contribution < 1.29 is 19.4 Å². The Bertz CT molecular complexity index is 1040. The summed E-state index contributed by atoms with van der Waals surface area (Å²) in [5.74, 6) is 1.08. The van der Waals surface area contributed by atoms with Crippen LogP contribution in [0.25, 0.3) is 0 Å². The van der Waals surface area contributed by atoms with Gasteiger partial charge < -0.3 is 14.6 Å². The lowest BCUT2D eigenvalue weighted by atomic mass is 10.1. The summed E-state index contributed by atoms with van der Waals surface area (Å²) in [6, 6.07) is 16.9. The monoisotopic (exact) mass is 491 g/mol. The summed E-state index contributed by atoms with van der Waals surface area (Å²) < 4.78 is 11.1. The number of pyridine rings is 1. The molecule has 168 valence electrons. The molecular formula is C24H23Cl2NO4S. The SMILES string of the molecule is COc1ccc(CCOc2ccc(CSc3c(Cl)cccc3Cl)nc2CCC(=O)O)cc1. The maximum atomic E-state index is 11.1. The highest BCUT2D eigenvalue weighted by Crippen LogP contribution is 2.35. The first-order valence-corrected chi connectivity index (χ1v) is 11.7. The number of carboxylic acid groups (broad SMARTS) is 1. The van der Waals surface area contributed by atoms with Crippen LogP contribution in [0.3, 0.4) is 0 Å². The fraction of sp³-hybridized carbons (Fsp3) is 0.250. The largest absolute Gasteiger partial charge is 0.497 e. The molecule has 0 amide bonds. The van der Waals surface area contributed by atoms with E-state index in [-0.39, 0.29) is 6.42 Å². The van der Waals surface area contributed by atoms with E-state index in [0.29, 0.717) is 46.7 Å². The Labute approximate surface area is 201 Å². The molecule has 32 heavy (non-hydrogen) atoms. The number of ether oxygens (including phenoxy) is 2. The average Bonchev–Trinajstić information content (AvgIpc) is 2.78. The van der Waals surface area contributed by atoms with Crippen LogP contribution in [0.15, 0.2) is 59.5 Å². The van der Waals surface area contributed by atoms with E-state index in [0.717, 1.165) is 21.9 Å². The zero-order chi connectivity index (χ0) is 22.9. The van der Waals surface area contributed by atoms with Crippen LogP contribution < -0.4 is 9.47 Å². The summed E-state index contributed by atoms with van der Waals surface area (Å²) in [7, 11) is 1.63. The van der Waals surface area contributed by atoms with E-state index in [1.807, 2.05) is 36.4 Å². The lowest BCUT2D eigenvalue weighted by Crippen LogP contribution is -2.07. The van der Waals surface area contributed by atoms with E-state index in [9.17, 15) is 4.79 Å². The first kappa shape index (κ1) is 24.2. The molecule has 0 atom stereocenters. The molecule has 1 aromatic heterocycles. The van der Waals surface area contributed by atoms with Gasteiger partial charge in [-0.1, -0.05) is 41.4 Å². The first-order chi connectivity index (χ1) is 15.5. The number of aromatic nitrogens is 1. The molecule has 0 spiro atoms. The average molecular weight is 492 g/mol. The van der Waals surface area contributed by atoms with Gasteiger partial charge in [0.15, 0.2) is 0 Å². The molecule has 0 saturated heterocycles. The minimum absolute atomic E-state index is 0.0191. The summed E-state index contributed by atoms with van der Waals surface area (Å²) in [6.45, 7) is 0.456. The van der Waals surface area contributed by atoms with Crippen LogP contribution in [0.5, 0.6) is 11.5 Å². The molecule has 0 aliphatic carbocycles. The Hall–Kier alpha value is -2.41. The summed E-state index contributed by atoms with van der Waals surface area (Å²) in [5.41, 5.74) is 2.55. The number of halogens is 2. The molecule has 2 aromatic carbocycles. The van der Waals surface area contributed by atoms with Crippen molar-refractivity contribution in [3.8, 4) is 11.5 Å². The fourth-order valence-electron chi connectivity index (χ4n) is 2.99. The van der Waals surface area contributed by atoms with Gasteiger partial charge in [-0.2, -0.15) is 0 Å². The topological polar surface area (TPSA) is 68.7 Å². The second-order valence-corrected chi connectivity index (χ2v) is 8.73. The smallest absolute Gasteiger partial charge is 0.303 e. The normalized spacial score (nSPS) is 10.7. The third-order valence-electron chi connectivity index (χ3n) is 4.66. The minimum atomic E-state index is -0.876. The highest BCUT2D eigenvalue weighted by Gasteiger charge is 2.12. The van der Waals surface area contributed by atoms with Gasteiger partial charge in [0.2, 0.25) is 0 Å². The van der Waals surface area contributed by atoms with Crippen molar-refractivity contribution in [1.82, 2.24) is 4.98 Å². The molecule has 8 heteroatoms. The first-order valence-electron chi connectivity index (χ1n) is 9.99. The zero-order valence-electron chi connectivity index (χ0n) is 17.5. The molecule has 0 unspecified atom stereocenters. The van der Waals surface area contributed by atoms with Crippen molar-refractivity contribution >= 4 is 40.9 Å². The summed E-state index contributed by atoms with van der Waals surface area (Å²) in [4.78, 5) is 16.5. The van der Waals surface area contributed by atoms with E-state index in [1.165, 1.54) is 11.8 Å². The molecule has 0 aliphatic heterocycles.